The highest BCUT2D eigenvalue weighted by Gasteiger charge is 2.19. The minimum atomic E-state index is -3.87. The van der Waals surface area contributed by atoms with E-state index < -0.39 is 10.0 Å². The predicted molar refractivity (Wildman–Crippen MR) is 122 cm³/mol. The first-order valence-electron chi connectivity index (χ1n) is 9.93. The number of carbonyl (C=O) groups excluding carboxylic acids is 1. The Morgan fingerprint density at radius 3 is 2.30 bits per heavy atom. The molecule has 0 atom stereocenters. The number of ether oxygens (including phenoxy) is 2. The van der Waals surface area contributed by atoms with Crippen molar-refractivity contribution < 1.29 is 22.7 Å². The van der Waals surface area contributed by atoms with Gasteiger partial charge >= 0.3 is 5.69 Å². The number of aromatic amines is 2. The second-order valence-electron chi connectivity index (χ2n) is 7.28. The van der Waals surface area contributed by atoms with Crippen molar-refractivity contribution in [3.8, 4) is 11.5 Å². The summed E-state index contributed by atoms with van der Waals surface area (Å²) in [4.78, 5) is 29.2. The summed E-state index contributed by atoms with van der Waals surface area (Å²) in [7, 11) is -3.87. The Labute approximate surface area is 187 Å². The van der Waals surface area contributed by atoms with Gasteiger partial charge in [0.1, 0.15) is 13.2 Å². The van der Waals surface area contributed by atoms with E-state index in [1.165, 1.54) is 36.4 Å². The van der Waals surface area contributed by atoms with E-state index in [9.17, 15) is 18.0 Å². The topological polar surface area (TPSA) is 142 Å². The van der Waals surface area contributed by atoms with E-state index in [0.29, 0.717) is 52.7 Å². The molecule has 0 radical (unpaired) electrons. The molecule has 0 fully saturated rings. The Bertz CT molecular complexity index is 1520. The molecule has 0 aliphatic carbocycles. The normalized spacial score (nSPS) is 13.0. The van der Waals surface area contributed by atoms with Crippen LogP contribution >= 0.6 is 0 Å². The van der Waals surface area contributed by atoms with Gasteiger partial charge in [-0.15, -0.1) is 0 Å². The molecular formula is C22H18N4O6S. The van der Waals surface area contributed by atoms with Crippen molar-refractivity contribution in [2.24, 2.45) is 0 Å². The quantitative estimate of drug-likeness (QED) is 0.356. The van der Waals surface area contributed by atoms with Crippen LogP contribution in [0.25, 0.3) is 11.0 Å². The van der Waals surface area contributed by atoms with Crippen LogP contribution in [0.5, 0.6) is 11.5 Å². The van der Waals surface area contributed by atoms with Crippen molar-refractivity contribution in [1.29, 1.82) is 0 Å². The van der Waals surface area contributed by atoms with Crippen molar-refractivity contribution in [1.82, 2.24) is 9.97 Å². The van der Waals surface area contributed by atoms with Gasteiger partial charge in [-0.2, -0.15) is 0 Å². The number of H-pyrrole nitrogens is 2. The van der Waals surface area contributed by atoms with E-state index in [4.69, 9.17) is 9.47 Å². The van der Waals surface area contributed by atoms with Crippen LogP contribution in [0.2, 0.25) is 0 Å². The number of nitrogens with one attached hydrogen (secondary N) is 4. The van der Waals surface area contributed by atoms with Crippen molar-refractivity contribution in [3.63, 3.8) is 0 Å². The number of imidazole rings is 1. The van der Waals surface area contributed by atoms with Gasteiger partial charge in [-0.1, -0.05) is 0 Å². The van der Waals surface area contributed by atoms with Gasteiger partial charge in [0.05, 0.1) is 15.9 Å². The Kier molecular flexibility index (Phi) is 5.02. The molecule has 10 nitrogen and oxygen atoms in total. The zero-order valence-corrected chi connectivity index (χ0v) is 17.9. The molecular weight excluding hydrogens is 448 g/mol. The summed E-state index contributed by atoms with van der Waals surface area (Å²) in [6, 6.07) is 15.4. The first-order valence-corrected chi connectivity index (χ1v) is 11.4. The lowest BCUT2D eigenvalue weighted by molar-refractivity contribution is 0.102. The number of sulfonamides is 1. The standard InChI is InChI=1S/C22H18N4O6S/c27-21(23-15-5-7-17-18(11-15)25-22(28)24-17)13-1-3-14(4-2-13)26-33(29,30)16-6-8-19-20(12-16)32-10-9-31-19/h1-8,11-12,26H,9-10H2,(H,23,27)(H2,24,25,28). The molecule has 1 aromatic heterocycles. The maximum Gasteiger partial charge on any atom is 0.323 e. The molecule has 2 heterocycles. The number of anilines is 2. The first-order chi connectivity index (χ1) is 15.9. The van der Waals surface area contributed by atoms with Gasteiger partial charge in [0.2, 0.25) is 0 Å². The van der Waals surface area contributed by atoms with Crippen LogP contribution in [-0.4, -0.2) is 37.5 Å². The Balaban J connectivity index is 1.29. The molecule has 0 unspecified atom stereocenters. The smallest absolute Gasteiger partial charge is 0.323 e. The third kappa shape index (κ3) is 4.26. The molecule has 1 aliphatic rings. The summed E-state index contributed by atoms with van der Waals surface area (Å²) in [6.07, 6.45) is 0. The largest absolute Gasteiger partial charge is 0.486 e. The highest BCUT2D eigenvalue weighted by atomic mass is 32.2. The van der Waals surface area contributed by atoms with Gasteiger partial charge in [0.15, 0.2) is 11.5 Å². The van der Waals surface area contributed by atoms with Crippen LogP contribution in [0, 0.1) is 0 Å². The fraction of sp³-hybridized carbons (Fsp3) is 0.0909. The van der Waals surface area contributed by atoms with Gasteiger partial charge in [-0.25, -0.2) is 13.2 Å². The number of fused-ring (bicyclic) bond motifs is 2. The number of hydrogen-bond donors (Lipinski definition) is 4. The first kappa shape index (κ1) is 20.6. The minimum absolute atomic E-state index is 0.0340. The second-order valence-corrected chi connectivity index (χ2v) is 8.96. The Morgan fingerprint density at radius 1 is 0.818 bits per heavy atom. The van der Waals surface area contributed by atoms with Crippen LogP contribution in [-0.2, 0) is 10.0 Å². The average Bonchev–Trinajstić information content (AvgIpc) is 3.18. The molecule has 11 heteroatoms. The van der Waals surface area contributed by atoms with Crippen LogP contribution in [0.4, 0.5) is 11.4 Å². The maximum atomic E-state index is 12.7. The number of hydrogen-bond acceptors (Lipinski definition) is 6. The van der Waals surface area contributed by atoms with E-state index in [0.717, 1.165) is 0 Å². The fourth-order valence-electron chi connectivity index (χ4n) is 3.41. The fourth-order valence-corrected chi connectivity index (χ4v) is 4.48. The summed E-state index contributed by atoms with van der Waals surface area (Å²) >= 11 is 0. The zero-order valence-electron chi connectivity index (χ0n) is 17.0. The highest BCUT2D eigenvalue weighted by Crippen LogP contribution is 2.32. The van der Waals surface area contributed by atoms with Crippen LogP contribution in [0.15, 0.2) is 70.4 Å². The van der Waals surface area contributed by atoms with Gasteiger partial charge in [-0.3, -0.25) is 9.52 Å². The number of benzene rings is 3. The summed E-state index contributed by atoms with van der Waals surface area (Å²) in [5.41, 5.74) is 2.01. The number of aromatic nitrogens is 2. The third-order valence-corrected chi connectivity index (χ3v) is 6.38. The molecule has 4 N–H and O–H groups in total. The molecule has 4 aromatic rings. The lowest BCUT2D eigenvalue weighted by atomic mass is 10.2. The summed E-state index contributed by atoms with van der Waals surface area (Å²) in [5, 5.41) is 2.74. The van der Waals surface area contributed by atoms with Crippen molar-refractivity contribution in [2.75, 3.05) is 23.3 Å². The second kappa shape index (κ2) is 8.02. The van der Waals surface area contributed by atoms with Crippen molar-refractivity contribution in [2.45, 2.75) is 4.90 Å². The van der Waals surface area contributed by atoms with Crippen LogP contribution in [0.3, 0.4) is 0 Å². The van der Waals surface area contributed by atoms with Crippen molar-refractivity contribution in [3.05, 3.63) is 76.7 Å². The van der Waals surface area contributed by atoms with E-state index in [-0.39, 0.29) is 16.5 Å². The summed E-state index contributed by atoms with van der Waals surface area (Å²) in [6.45, 7) is 0.766. The Morgan fingerprint density at radius 2 is 1.52 bits per heavy atom. The van der Waals surface area contributed by atoms with Crippen LogP contribution in [0.1, 0.15) is 10.4 Å². The monoisotopic (exact) mass is 466 g/mol. The number of amides is 1. The molecule has 33 heavy (non-hydrogen) atoms. The van der Waals surface area contributed by atoms with E-state index >= 15 is 0 Å². The molecule has 168 valence electrons. The van der Waals surface area contributed by atoms with Gasteiger partial charge < -0.3 is 24.8 Å². The van der Waals surface area contributed by atoms with Crippen LogP contribution < -0.4 is 25.2 Å². The minimum Gasteiger partial charge on any atom is -0.486 e. The number of carbonyl (C=O) groups is 1. The molecule has 3 aromatic carbocycles. The average molecular weight is 466 g/mol. The molecule has 0 spiro atoms. The molecule has 0 saturated heterocycles. The van der Waals surface area contributed by atoms with Gasteiger partial charge in [0.25, 0.3) is 15.9 Å². The van der Waals surface area contributed by atoms with Gasteiger partial charge in [0, 0.05) is 23.0 Å². The Hall–Kier alpha value is -4.25. The lowest BCUT2D eigenvalue weighted by Crippen LogP contribution is -2.17. The maximum absolute atomic E-state index is 12.7. The summed E-state index contributed by atoms with van der Waals surface area (Å²) in [5.74, 6) is 0.490. The van der Waals surface area contributed by atoms with E-state index in [1.54, 1.807) is 24.3 Å². The molecule has 5 rings (SSSR count). The molecule has 0 saturated carbocycles. The number of rotatable bonds is 5. The van der Waals surface area contributed by atoms with Crippen molar-refractivity contribution >= 4 is 38.3 Å². The lowest BCUT2D eigenvalue weighted by Gasteiger charge is -2.19. The van der Waals surface area contributed by atoms with E-state index in [2.05, 4.69) is 20.0 Å². The highest BCUT2D eigenvalue weighted by molar-refractivity contribution is 7.92. The molecule has 1 amide bonds. The van der Waals surface area contributed by atoms with E-state index in [1.807, 2.05) is 0 Å². The molecule has 0 bridgehead atoms. The van der Waals surface area contributed by atoms with Gasteiger partial charge in [-0.05, 0) is 54.6 Å². The SMILES string of the molecule is O=C(Nc1ccc2[nH]c(=O)[nH]c2c1)c1ccc(NS(=O)(=O)c2ccc3c(c2)OCCO3)cc1. The summed E-state index contributed by atoms with van der Waals surface area (Å²) < 4.78 is 38.8. The third-order valence-electron chi connectivity index (χ3n) is 5.00. The predicted octanol–water partition coefficient (Wildman–Crippen LogP) is 2.68. The zero-order chi connectivity index (χ0) is 23.0. The molecule has 1 aliphatic heterocycles.